The van der Waals surface area contributed by atoms with E-state index in [1.165, 1.54) is 6.26 Å². The van der Waals surface area contributed by atoms with Gasteiger partial charge in [-0.25, -0.2) is 0 Å². The zero-order valence-electron chi connectivity index (χ0n) is 5.39. The van der Waals surface area contributed by atoms with Crippen molar-refractivity contribution in [2.75, 3.05) is 12.9 Å². The molecule has 11 heavy (non-hydrogen) atoms. The van der Waals surface area contributed by atoms with E-state index in [2.05, 4.69) is 4.52 Å². The summed E-state index contributed by atoms with van der Waals surface area (Å²) in [5, 5.41) is 0. The predicted molar refractivity (Wildman–Crippen MR) is 39.0 cm³/mol. The molecule has 0 radical (unpaired) electrons. The van der Waals surface area contributed by atoms with E-state index in [-0.39, 0.29) is 0 Å². The third-order valence-corrected chi connectivity index (χ3v) is 4.63. The first-order chi connectivity index (χ1) is 4.77. The lowest BCUT2D eigenvalue weighted by atomic mass is 10.7. The first-order valence-electron chi connectivity index (χ1n) is 2.33. The third-order valence-electron chi connectivity index (χ3n) is 0.600. The highest BCUT2D eigenvalue weighted by atomic mass is 35.7. The fourth-order valence-electron chi connectivity index (χ4n) is 0.203. The van der Waals surface area contributed by atoms with Gasteiger partial charge in [0.1, 0.15) is 0 Å². The summed E-state index contributed by atoms with van der Waals surface area (Å²) in [6, 6.07) is 0. The fourth-order valence-corrected chi connectivity index (χ4v) is 1.23. The number of hydrogen-bond acceptors (Lipinski definition) is 3. The maximum atomic E-state index is 11.4. The van der Waals surface area contributed by atoms with Gasteiger partial charge >= 0.3 is 12.1 Å². The van der Waals surface area contributed by atoms with E-state index < -0.39 is 18.7 Å². The Hall–Kier alpha value is 0.620. The number of rotatable bonds is 3. The minimum Gasteiger partial charge on any atom is -0.300 e. The Morgan fingerprint density at radius 2 is 2.09 bits per heavy atom. The first kappa shape index (κ1) is 11.6. The van der Waals surface area contributed by atoms with Crippen molar-refractivity contribution in [1.29, 1.82) is 0 Å². The summed E-state index contributed by atoms with van der Waals surface area (Å²) >= 11 is 5.59. The van der Waals surface area contributed by atoms with Gasteiger partial charge in [-0.1, -0.05) is 11.4 Å². The van der Waals surface area contributed by atoms with Gasteiger partial charge in [0.25, 0.3) is 0 Å². The summed E-state index contributed by atoms with van der Waals surface area (Å²) in [6.07, 6.45) is -3.18. The van der Waals surface area contributed by atoms with Crippen molar-refractivity contribution in [3.8, 4) is 0 Å². The summed E-state index contributed by atoms with van der Waals surface area (Å²) in [7, 11) is 0. The molecule has 8 heteroatoms. The second-order valence-electron chi connectivity index (χ2n) is 1.50. The average molecular weight is 229 g/mol. The van der Waals surface area contributed by atoms with Gasteiger partial charge in [0.05, 0.1) is 0 Å². The van der Waals surface area contributed by atoms with Crippen molar-refractivity contribution < 1.29 is 22.3 Å². The minimum atomic E-state index is -4.49. The van der Waals surface area contributed by atoms with E-state index in [0.29, 0.717) is 11.4 Å². The molecule has 0 saturated heterocycles. The summed E-state index contributed by atoms with van der Waals surface area (Å²) in [4.78, 5) is 0. The van der Waals surface area contributed by atoms with Crippen LogP contribution < -0.4 is 0 Å². The molecular formula is C3H5ClF3O2PS. The summed E-state index contributed by atoms with van der Waals surface area (Å²) in [5.41, 5.74) is 0. The van der Waals surface area contributed by atoms with Gasteiger partial charge in [0.15, 0.2) is 6.61 Å². The van der Waals surface area contributed by atoms with Crippen LogP contribution in [0.3, 0.4) is 0 Å². The quantitative estimate of drug-likeness (QED) is 0.694. The molecule has 2 nitrogen and oxygen atoms in total. The second-order valence-corrected chi connectivity index (χ2v) is 7.46. The van der Waals surface area contributed by atoms with E-state index in [1.807, 2.05) is 0 Å². The van der Waals surface area contributed by atoms with Crippen LogP contribution in [-0.4, -0.2) is 19.0 Å². The van der Waals surface area contributed by atoms with Crippen LogP contribution in [0.1, 0.15) is 0 Å². The molecule has 0 aliphatic heterocycles. The monoisotopic (exact) mass is 228 g/mol. The number of alkyl halides is 3. The van der Waals surface area contributed by atoms with Crippen LogP contribution in [0.25, 0.3) is 0 Å². The molecule has 0 heterocycles. The smallest absolute Gasteiger partial charge is 0.300 e. The summed E-state index contributed by atoms with van der Waals surface area (Å²) in [6.45, 7) is -1.57. The highest BCUT2D eigenvalue weighted by Gasteiger charge is 2.32. The zero-order valence-corrected chi connectivity index (χ0v) is 7.86. The molecule has 0 aromatic heterocycles. The standard InChI is InChI=1S/C3H5ClF3O2PS/c1-11-10(4,8)9-2-3(5,6)7/h2H2,1H3. The fraction of sp³-hybridized carbons (Fsp3) is 1.00. The van der Waals surface area contributed by atoms with Gasteiger partial charge in [0, 0.05) is 0 Å². The van der Waals surface area contributed by atoms with Crippen molar-refractivity contribution in [3.63, 3.8) is 0 Å². The summed E-state index contributed by atoms with van der Waals surface area (Å²) < 4.78 is 48.8. The van der Waals surface area contributed by atoms with Crippen LogP contribution in [0, 0.1) is 0 Å². The molecule has 0 aromatic carbocycles. The zero-order chi connectivity index (χ0) is 9.12. The normalized spacial score (nSPS) is 17.9. The van der Waals surface area contributed by atoms with Crippen LogP contribution in [0.4, 0.5) is 13.2 Å². The highest BCUT2D eigenvalue weighted by Crippen LogP contribution is 2.63. The molecule has 0 saturated carbocycles. The van der Waals surface area contributed by atoms with Crippen LogP contribution in [0.2, 0.25) is 0 Å². The van der Waals surface area contributed by atoms with Gasteiger partial charge in [-0.05, 0) is 17.5 Å². The van der Waals surface area contributed by atoms with Gasteiger partial charge in [0.2, 0.25) is 0 Å². The Morgan fingerprint density at radius 3 is 2.36 bits per heavy atom. The summed E-state index contributed by atoms with van der Waals surface area (Å²) in [5.74, 6) is -3.60. The second kappa shape index (κ2) is 4.03. The Labute approximate surface area is 70.4 Å². The lowest BCUT2D eigenvalue weighted by Gasteiger charge is -2.09. The van der Waals surface area contributed by atoms with Gasteiger partial charge in [-0.2, -0.15) is 13.2 Å². The van der Waals surface area contributed by atoms with E-state index >= 15 is 0 Å². The maximum Gasteiger partial charge on any atom is 0.412 e. The van der Waals surface area contributed by atoms with Gasteiger partial charge in [-0.3, -0.25) is 4.57 Å². The van der Waals surface area contributed by atoms with Crippen molar-refractivity contribution in [2.45, 2.75) is 6.18 Å². The topological polar surface area (TPSA) is 26.3 Å². The van der Waals surface area contributed by atoms with E-state index in [0.717, 1.165) is 0 Å². The molecule has 0 fully saturated rings. The van der Waals surface area contributed by atoms with E-state index in [9.17, 15) is 17.7 Å². The van der Waals surface area contributed by atoms with Crippen LogP contribution in [-0.2, 0) is 9.09 Å². The molecule has 0 N–H and O–H groups in total. The molecule has 0 bridgehead atoms. The van der Waals surface area contributed by atoms with Crippen LogP contribution in [0.5, 0.6) is 0 Å². The third kappa shape index (κ3) is 7.00. The number of halogens is 4. The molecule has 0 rings (SSSR count). The molecule has 1 unspecified atom stereocenters. The Bertz CT molecular complexity index is 172. The number of hydrogen-bond donors (Lipinski definition) is 0. The predicted octanol–water partition coefficient (Wildman–Crippen LogP) is 3.28. The molecule has 0 spiro atoms. The van der Waals surface area contributed by atoms with Gasteiger partial charge in [-0.15, -0.1) is 0 Å². The molecule has 0 aliphatic rings. The molecule has 68 valence electrons. The lowest BCUT2D eigenvalue weighted by Crippen LogP contribution is -2.14. The maximum absolute atomic E-state index is 11.4. The van der Waals surface area contributed by atoms with Gasteiger partial charge < -0.3 is 4.52 Å². The molecule has 1 atom stereocenters. The average Bonchev–Trinajstić information content (AvgIpc) is 1.83. The first-order valence-corrected chi connectivity index (χ1v) is 6.69. The molecular weight excluding hydrogens is 224 g/mol. The van der Waals surface area contributed by atoms with E-state index in [1.54, 1.807) is 0 Å². The van der Waals surface area contributed by atoms with Crippen molar-refractivity contribution in [2.24, 2.45) is 0 Å². The highest BCUT2D eigenvalue weighted by molar-refractivity contribution is 8.63. The van der Waals surface area contributed by atoms with Crippen molar-refractivity contribution >= 4 is 28.5 Å². The lowest BCUT2D eigenvalue weighted by molar-refractivity contribution is -0.152. The van der Waals surface area contributed by atoms with Crippen molar-refractivity contribution in [1.82, 2.24) is 0 Å². The Kier molecular flexibility index (Phi) is 4.26. The van der Waals surface area contributed by atoms with Crippen LogP contribution in [0.15, 0.2) is 0 Å². The SMILES string of the molecule is CSP(=O)(Cl)OCC(F)(F)F. The molecule has 0 aliphatic carbocycles. The Morgan fingerprint density at radius 1 is 1.64 bits per heavy atom. The van der Waals surface area contributed by atoms with E-state index in [4.69, 9.17) is 11.2 Å². The molecule has 0 aromatic rings. The van der Waals surface area contributed by atoms with Crippen LogP contribution >= 0.6 is 28.5 Å². The minimum absolute atomic E-state index is 0.567. The Balaban J connectivity index is 3.80. The molecule has 0 amide bonds. The van der Waals surface area contributed by atoms with Crippen molar-refractivity contribution in [3.05, 3.63) is 0 Å². The largest absolute Gasteiger partial charge is 0.412 e.